The van der Waals surface area contributed by atoms with Gasteiger partial charge in [-0.05, 0) is 30.4 Å². The average Bonchev–Trinajstić information content (AvgIpc) is 2.42. The van der Waals surface area contributed by atoms with Gasteiger partial charge in [-0.25, -0.2) is 0 Å². The topological polar surface area (TPSA) is 0 Å². The van der Waals surface area contributed by atoms with Crippen LogP contribution >= 0.6 is 0 Å². The van der Waals surface area contributed by atoms with Crippen molar-refractivity contribution in [3.63, 3.8) is 0 Å². The summed E-state index contributed by atoms with van der Waals surface area (Å²) >= 11 is 0. The van der Waals surface area contributed by atoms with Gasteiger partial charge in [-0.15, -0.1) is 0 Å². The van der Waals surface area contributed by atoms with Crippen molar-refractivity contribution in [2.75, 3.05) is 0 Å². The van der Waals surface area contributed by atoms with Crippen molar-refractivity contribution in [3.05, 3.63) is 77.7 Å². The van der Waals surface area contributed by atoms with E-state index < -0.39 is 0 Å². The van der Waals surface area contributed by atoms with Crippen LogP contribution in [0.1, 0.15) is 30.9 Å². The third-order valence-electron chi connectivity index (χ3n) is 3.17. The smallest absolute Gasteiger partial charge is 0.00503 e. The van der Waals surface area contributed by atoms with E-state index in [1.54, 1.807) is 5.92 Å². The third-order valence-corrected chi connectivity index (χ3v) is 3.17. The van der Waals surface area contributed by atoms with Gasteiger partial charge in [-0.2, -0.15) is 0 Å². The van der Waals surface area contributed by atoms with Crippen LogP contribution in [0.5, 0.6) is 0 Å². The standard InChI is InChI=1S/C17H19/c1-2-16(17-11-7-4-8-12-17)14-13-15-9-5-3-6-10-15/h3-12H,2,13-14H2,1H3. The number of hydrogen-bond acceptors (Lipinski definition) is 0. The zero-order valence-electron chi connectivity index (χ0n) is 10.4. The first-order valence-corrected chi connectivity index (χ1v) is 6.34. The van der Waals surface area contributed by atoms with E-state index in [-0.39, 0.29) is 0 Å². The van der Waals surface area contributed by atoms with Gasteiger partial charge in [0.15, 0.2) is 0 Å². The Morgan fingerprint density at radius 1 is 0.824 bits per heavy atom. The molecule has 0 heteroatoms. The second-order valence-electron chi connectivity index (χ2n) is 4.31. The average molecular weight is 223 g/mol. The third kappa shape index (κ3) is 3.45. The normalized spacial score (nSPS) is 10.7. The lowest BCUT2D eigenvalue weighted by Crippen LogP contribution is -2.00. The van der Waals surface area contributed by atoms with Crippen LogP contribution in [0.2, 0.25) is 0 Å². The number of benzene rings is 2. The van der Waals surface area contributed by atoms with Crippen LogP contribution in [0.3, 0.4) is 0 Å². The monoisotopic (exact) mass is 223 g/mol. The molecule has 0 bridgehead atoms. The zero-order valence-corrected chi connectivity index (χ0v) is 10.4. The van der Waals surface area contributed by atoms with E-state index in [2.05, 4.69) is 67.6 Å². The van der Waals surface area contributed by atoms with Crippen LogP contribution in [0.4, 0.5) is 0 Å². The summed E-state index contributed by atoms with van der Waals surface area (Å²) in [4.78, 5) is 0. The fourth-order valence-corrected chi connectivity index (χ4v) is 2.14. The van der Waals surface area contributed by atoms with Crippen molar-refractivity contribution >= 4 is 0 Å². The molecule has 2 rings (SSSR count). The Balaban J connectivity index is 1.97. The van der Waals surface area contributed by atoms with Crippen LogP contribution in [-0.4, -0.2) is 0 Å². The van der Waals surface area contributed by atoms with Gasteiger partial charge in [0.25, 0.3) is 0 Å². The maximum Gasteiger partial charge on any atom is 0.00503 e. The molecule has 0 saturated carbocycles. The highest BCUT2D eigenvalue weighted by atomic mass is 14.1. The summed E-state index contributed by atoms with van der Waals surface area (Å²) in [5, 5.41) is 0. The van der Waals surface area contributed by atoms with Crippen LogP contribution in [-0.2, 0) is 6.42 Å². The van der Waals surface area contributed by atoms with Crippen molar-refractivity contribution in [1.29, 1.82) is 0 Å². The maximum atomic E-state index is 2.24. The second kappa shape index (κ2) is 6.24. The minimum Gasteiger partial charge on any atom is -0.0645 e. The Morgan fingerprint density at radius 3 is 2.00 bits per heavy atom. The fraction of sp³-hybridized carbons (Fsp3) is 0.235. The predicted molar refractivity (Wildman–Crippen MR) is 73.8 cm³/mol. The number of rotatable bonds is 5. The molecule has 0 spiro atoms. The number of hydrogen-bond donors (Lipinski definition) is 0. The summed E-state index contributed by atoms with van der Waals surface area (Å²) < 4.78 is 0. The summed E-state index contributed by atoms with van der Waals surface area (Å²) in [6.07, 6.45) is 3.43. The van der Waals surface area contributed by atoms with E-state index in [1.165, 1.54) is 11.1 Å². The Morgan fingerprint density at radius 2 is 1.41 bits per heavy atom. The lowest BCUT2D eigenvalue weighted by Gasteiger charge is -2.14. The Labute approximate surface area is 104 Å². The molecular formula is C17H19. The van der Waals surface area contributed by atoms with Crippen LogP contribution < -0.4 is 0 Å². The molecule has 0 nitrogen and oxygen atoms in total. The van der Waals surface area contributed by atoms with Gasteiger partial charge in [0, 0.05) is 5.92 Å². The molecule has 0 heterocycles. The van der Waals surface area contributed by atoms with Gasteiger partial charge < -0.3 is 0 Å². The van der Waals surface area contributed by atoms with Gasteiger partial charge in [0.05, 0.1) is 0 Å². The summed E-state index contributed by atoms with van der Waals surface area (Å²) in [5.74, 6) is 1.55. The largest absolute Gasteiger partial charge is 0.0645 e. The molecule has 0 amide bonds. The van der Waals surface area contributed by atoms with Gasteiger partial charge in [-0.1, -0.05) is 67.6 Å². The lowest BCUT2D eigenvalue weighted by molar-refractivity contribution is 0.787. The van der Waals surface area contributed by atoms with E-state index in [0.717, 1.165) is 19.3 Å². The molecule has 1 radical (unpaired) electrons. The Bertz CT molecular complexity index is 416. The molecule has 0 aliphatic rings. The first kappa shape index (κ1) is 11.9. The molecule has 0 N–H and O–H groups in total. The summed E-state index contributed by atoms with van der Waals surface area (Å²) in [5.41, 5.74) is 2.82. The Kier molecular flexibility index (Phi) is 4.37. The molecule has 17 heavy (non-hydrogen) atoms. The molecule has 0 aromatic heterocycles. The van der Waals surface area contributed by atoms with Crippen LogP contribution in [0.15, 0.2) is 60.7 Å². The second-order valence-corrected chi connectivity index (χ2v) is 4.31. The van der Waals surface area contributed by atoms with Crippen molar-refractivity contribution in [2.45, 2.75) is 26.2 Å². The summed E-state index contributed by atoms with van der Waals surface area (Å²) in [6, 6.07) is 21.5. The summed E-state index contributed by atoms with van der Waals surface area (Å²) in [6.45, 7) is 2.24. The molecule has 0 aliphatic heterocycles. The van der Waals surface area contributed by atoms with Crippen molar-refractivity contribution in [2.24, 2.45) is 0 Å². The van der Waals surface area contributed by atoms with Crippen molar-refractivity contribution in [1.82, 2.24) is 0 Å². The minimum absolute atomic E-state index is 1.14. The predicted octanol–water partition coefficient (Wildman–Crippen LogP) is 4.65. The van der Waals surface area contributed by atoms with E-state index in [1.807, 2.05) is 0 Å². The van der Waals surface area contributed by atoms with Gasteiger partial charge >= 0.3 is 0 Å². The Hall–Kier alpha value is -1.56. The van der Waals surface area contributed by atoms with Crippen LogP contribution in [0, 0.1) is 5.92 Å². The highest BCUT2D eigenvalue weighted by Crippen LogP contribution is 2.23. The van der Waals surface area contributed by atoms with Crippen molar-refractivity contribution < 1.29 is 0 Å². The van der Waals surface area contributed by atoms with Crippen LogP contribution in [0.25, 0.3) is 0 Å². The number of aryl methyl sites for hydroxylation is 1. The van der Waals surface area contributed by atoms with E-state index in [9.17, 15) is 0 Å². The molecule has 0 fully saturated rings. The first-order chi connectivity index (χ1) is 8.40. The lowest BCUT2D eigenvalue weighted by atomic mass is 9.90. The molecule has 2 aromatic carbocycles. The van der Waals surface area contributed by atoms with E-state index in [4.69, 9.17) is 0 Å². The summed E-state index contributed by atoms with van der Waals surface area (Å²) in [7, 11) is 0. The van der Waals surface area contributed by atoms with Crippen molar-refractivity contribution in [3.8, 4) is 0 Å². The molecule has 0 unspecified atom stereocenters. The SMILES string of the molecule is CC[C](CCc1ccccc1)c1ccccc1. The highest BCUT2D eigenvalue weighted by Gasteiger charge is 2.09. The van der Waals surface area contributed by atoms with Gasteiger partial charge in [-0.3, -0.25) is 0 Å². The molecule has 0 saturated heterocycles. The molecular weight excluding hydrogens is 204 g/mol. The fourth-order valence-electron chi connectivity index (χ4n) is 2.14. The molecule has 0 atom stereocenters. The highest BCUT2D eigenvalue weighted by molar-refractivity contribution is 5.30. The first-order valence-electron chi connectivity index (χ1n) is 6.34. The molecule has 2 aromatic rings. The van der Waals surface area contributed by atoms with Gasteiger partial charge in [0.2, 0.25) is 0 Å². The van der Waals surface area contributed by atoms with E-state index in [0.29, 0.717) is 0 Å². The molecule has 0 aliphatic carbocycles. The maximum absolute atomic E-state index is 2.24. The van der Waals surface area contributed by atoms with Gasteiger partial charge in [0.1, 0.15) is 0 Å². The molecule has 87 valence electrons. The zero-order chi connectivity index (χ0) is 11.9. The minimum atomic E-state index is 1.14. The van der Waals surface area contributed by atoms with E-state index >= 15 is 0 Å². The quantitative estimate of drug-likeness (QED) is 0.692.